The summed E-state index contributed by atoms with van der Waals surface area (Å²) < 4.78 is 0. The molecule has 1 N–H and O–H groups in total. The number of nitrogens with one attached hydrogen (secondary N) is 1. The van der Waals surface area contributed by atoms with E-state index >= 15 is 0 Å². The van der Waals surface area contributed by atoms with Crippen LogP contribution < -0.4 is 10.5 Å². The molecule has 0 aliphatic carbocycles. The van der Waals surface area contributed by atoms with Crippen LogP contribution in [0.25, 0.3) is 11.4 Å². The van der Waals surface area contributed by atoms with Gasteiger partial charge in [-0.1, -0.05) is 23.7 Å². The zero-order valence-corrected chi connectivity index (χ0v) is 17.4. The summed E-state index contributed by atoms with van der Waals surface area (Å²) in [6, 6.07) is 11.3. The Morgan fingerprint density at radius 2 is 1.90 bits per heavy atom. The van der Waals surface area contributed by atoms with E-state index in [9.17, 15) is 9.59 Å². The molecule has 1 amide bonds. The van der Waals surface area contributed by atoms with Crippen LogP contribution in [0.2, 0.25) is 5.02 Å². The van der Waals surface area contributed by atoms with E-state index in [1.54, 1.807) is 30.3 Å². The highest BCUT2D eigenvalue weighted by Crippen LogP contribution is 2.26. The summed E-state index contributed by atoms with van der Waals surface area (Å²) in [5.41, 5.74) is 2.38. The molecule has 2 aromatic heterocycles. The molecule has 1 aromatic carbocycles. The number of amides is 1. The van der Waals surface area contributed by atoms with Gasteiger partial charge in [-0.3, -0.25) is 14.6 Å². The quantitative estimate of drug-likeness (QED) is 0.697. The van der Waals surface area contributed by atoms with Crippen LogP contribution in [0.5, 0.6) is 0 Å². The number of aryl methyl sites for hydroxylation is 1. The first kappa shape index (κ1) is 20.1. The Kier molecular flexibility index (Phi) is 5.81. The van der Waals surface area contributed by atoms with Crippen LogP contribution in [-0.2, 0) is 11.2 Å². The number of halogens is 1. The third kappa shape index (κ3) is 4.21. The number of H-pyrrole nitrogens is 1. The third-order valence-electron chi connectivity index (χ3n) is 5.31. The molecule has 0 saturated carbocycles. The van der Waals surface area contributed by atoms with E-state index in [1.165, 1.54) is 0 Å². The Bertz CT molecular complexity index is 1110. The van der Waals surface area contributed by atoms with Gasteiger partial charge >= 0.3 is 0 Å². The Morgan fingerprint density at radius 3 is 2.57 bits per heavy atom. The lowest BCUT2D eigenvalue weighted by Crippen LogP contribution is -2.49. The largest absolute Gasteiger partial charge is 0.367 e. The predicted octanol–water partition coefficient (Wildman–Crippen LogP) is 2.69. The van der Waals surface area contributed by atoms with E-state index in [-0.39, 0.29) is 17.9 Å². The second-order valence-electron chi connectivity index (χ2n) is 7.22. The van der Waals surface area contributed by atoms with E-state index in [2.05, 4.69) is 19.9 Å². The van der Waals surface area contributed by atoms with Crippen molar-refractivity contribution in [1.29, 1.82) is 0 Å². The lowest BCUT2D eigenvalue weighted by Gasteiger charge is -2.36. The van der Waals surface area contributed by atoms with Gasteiger partial charge in [-0.05, 0) is 31.2 Å². The molecule has 1 fully saturated rings. The molecule has 0 spiro atoms. The number of carbonyl (C=O) groups excluding carboxylic acids is 1. The topological polar surface area (TPSA) is 82.2 Å². The molecule has 0 unspecified atom stereocenters. The highest BCUT2D eigenvalue weighted by Gasteiger charge is 2.24. The monoisotopic (exact) mass is 423 g/mol. The maximum absolute atomic E-state index is 12.8. The van der Waals surface area contributed by atoms with Crippen molar-refractivity contribution in [2.24, 2.45) is 0 Å². The first-order valence-corrected chi connectivity index (χ1v) is 10.2. The fraction of sp³-hybridized carbons (Fsp3) is 0.273. The second kappa shape index (κ2) is 8.67. The summed E-state index contributed by atoms with van der Waals surface area (Å²) in [5.74, 6) is 0.383. The van der Waals surface area contributed by atoms with E-state index in [4.69, 9.17) is 11.6 Å². The Labute approximate surface area is 179 Å². The van der Waals surface area contributed by atoms with Crippen LogP contribution in [0.1, 0.15) is 11.3 Å². The molecule has 154 valence electrons. The fourth-order valence-electron chi connectivity index (χ4n) is 3.63. The first-order valence-electron chi connectivity index (χ1n) is 9.80. The summed E-state index contributed by atoms with van der Waals surface area (Å²) >= 11 is 6.28. The minimum absolute atomic E-state index is 0.0353. The average molecular weight is 424 g/mol. The number of benzene rings is 1. The van der Waals surface area contributed by atoms with Crippen molar-refractivity contribution in [1.82, 2.24) is 19.9 Å². The van der Waals surface area contributed by atoms with Crippen molar-refractivity contribution < 1.29 is 4.79 Å². The van der Waals surface area contributed by atoms with Gasteiger partial charge in [0.05, 0.1) is 17.1 Å². The molecule has 0 bridgehead atoms. The average Bonchev–Trinajstić information content (AvgIpc) is 2.77. The van der Waals surface area contributed by atoms with Gasteiger partial charge in [0.15, 0.2) is 0 Å². The summed E-state index contributed by atoms with van der Waals surface area (Å²) in [4.78, 5) is 40.7. The summed E-state index contributed by atoms with van der Waals surface area (Å²) in [5, 5.41) is 0.708. The highest BCUT2D eigenvalue weighted by molar-refractivity contribution is 6.33. The van der Waals surface area contributed by atoms with Crippen LogP contribution in [0.15, 0.2) is 53.6 Å². The number of rotatable bonds is 4. The molecule has 0 radical (unpaired) electrons. The number of aromatic nitrogens is 3. The van der Waals surface area contributed by atoms with E-state index in [1.807, 2.05) is 30.3 Å². The molecule has 3 heterocycles. The van der Waals surface area contributed by atoms with Gasteiger partial charge in [0.2, 0.25) is 5.91 Å². The molecule has 8 heteroatoms. The number of hydrogen-bond donors (Lipinski definition) is 1. The van der Waals surface area contributed by atoms with Crippen molar-refractivity contribution in [3.8, 4) is 11.4 Å². The molecule has 1 saturated heterocycles. The van der Waals surface area contributed by atoms with Crippen LogP contribution in [0.3, 0.4) is 0 Å². The predicted molar refractivity (Wildman–Crippen MR) is 117 cm³/mol. The van der Waals surface area contributed by atoms with Crippen LogP contribution in [-0.4, -0.2) is 51.9 Å². The van der Waals surface area contributed by atoms with Gasteiger partial charge in [-0.15, -0.1) is 0 Å². The van der Waals surface area contributed by atoms with E-state index < -0.39 is 0 Å². The van der Waals surface area contributed by atoms with Gasteiger partial charge in [0.25, 0.3) is 5.56 Å². The number of nitrogens with zero attached hydrogens (tertiary/aromatic N) is 4. The van der Waals surface area contributed by atoms with Crippen molar-refractivity contribution in [3.63, 3.8) is 0 Å². The molecule has 4 rings (SSSR count). The number of carbonyl (C=O) groups is 1. The van der Waals surface area contributed by atoms with Crippen molar-refractivity contribution in [2.75, 3.05) is 31.1 Å². The standard InChI is InChI=1S/C22H22ClN5O2/c1-15-17(22(30)26-21(25-15)16-5-4-8-24-14-16)13-20(29)28-11-9-27(10-12-28)19-7-3-2-6-18(19)23/h2-8,14H,9-13H2,1H3,(H,25,26,30). The zero-order chi connectivity index (χ0) is 21.1. The third-order valence-corrected chi connectivity index (χ3v) is 5.63. The Morgan fingerprint density at radius 1 is 1.13 bits per heavy atom. The van der Waals surface area contributed by atoms with Crippen LogP contribution >= 0.6 is 11.6 Å². The van der Waals surface area contributed by atoms with Gasteiger partial charge < -0.3 is 14.8 Å². The smallest absolute Gasteiger partial charge is 0.255 e. The summed E-state index contributed by atoms with van der Waals surface area (Å²) in [6.45, 7) is 4.32. The van der Waals surface area contributed by atoms with Gasteiger partial charge in [-0.25, -0.2) is 4.98 Å². The maximum Gasteiger partial charge on any atom is 0.255 e. The van der Waals surface area contributed by atoms with Crippen molar-refractivity contribution in [2.45, 2.75) is 13.3 Å². The normalized spacial score (nSPS) is 14.1. The molecule has 30 heavy (non-hydrogen) atoms. The van der Waals surface area contributed by atoms with Crippen molar-refractivity contribution in [3.05, 3.63) is 75.4 Å². The number of piperazine rings is 1. The van der Waals surface area contributed by atoms with Crippen LogP contribution in [0, 0.1) is 6.92 Å². The number of para-hydroxylation sites is 1. The minimum Gasteiger partial charge on any atom is -0.367 e. The number of pyridine rings is 1. The molecular formula is C22H22ClN5O2. The second-order valence-corrected chi connectivity index (χ2v) is 7.62. The Hall–Kier alpha value is -3.19. The van der Waals surface area contributed by atoms with Gasteiger partial charge in [0.1, 0.15) is 5.82 Å². The lowest BCUT2D eigenvalue weighted by molar-refractivity contribution is -0.130. The number of anilines is 1. The first-order chi connectivity index (χ1) is 14.5. The van der Waals surface area contributed by atoms with E-state index in [0.29, 0.717) is 48.3 Å². The molecule has 0 atom stereocenters. The Balaban J connectivity index is 1.43. The highest BCUT2D eigenvalue weighted by atomic mass is 35.5. The van der Waals surface area contributed by atoms with Crippen LogP contribution in [0.4, 0.5) is 5.69 Å². The molecule has 1 aliphatic rings. The van der Waals surface area contributed by atoms with E-state index in [0.717, 1.165) is 11.3 Å². The van der Waals surface area contributed by atoms with Gasteiger partial charge in [0, 0.05) is 55.4 Å². The fourth-order valence-corrected chi connectivity index (χ4v) is 3.88. The number of hydrogen-bond acceptors (Lipinski definition) is 5. The molecule has 7 nitrogen and oxygen atoms in total. The lowest BCUT2D eigenvalue weighted by atomic mass is 10.1. The molecular weight excluding hydrogens is 402 g/mol. The number of aromatic amines is 1. The minimum atomic E-state index is -0.288. The molecule has 1 aliphatic heterocycles. The SMILES string of the molecule is Cc1nc(-c2cccnc2)[nH]c(=O)c1CC(=O)N1CCN(c2ccccc2Cl)CC1. The van der Waals surface area contributed by atoms with Gasteiger partial charge in [-0.2, -0.15) is 0 Å². The molecule has 3 aromatic rings. The van der Waals surface area contributed by atoms with Crippen molar-refractivity contribution >= 4 is 23.2 Å². The zero-order valence-electron chi connectivity index (χ0n) is 16.6. The maximum atomic E-state index is 12.8. The summed E-state index contributed by atoms with van der Waals surface area (Å²) in [6.07, 6.45) is 3.33. The summed E-state index contributed by atoms with van der Waals surface area (Å²) in [7, 11) is 0.